The Balaban J connectivity index is 0.00000364. The quantitative estimate of drug-likeness (QED) is 0.200. The van der Waals surface area contributed by atoms with Crippen molar-refractivity contribution in [3.8, 4) is 0 Å². The van der Waals surface area contributed by atoms with Crippen LogP contribution in [0.15, 0.2) is 32.7 Å². The molecular formula is C16H17KN2O5S3. The number of hydrogen-bond donors (Lipinski definition) is 0. The summed E-state index contributed by atoms with van der Waals surface area (Å²) in [5.74, 6) is -2.22. The van der Waals surface area contributed by atoms with Gasteiger partial charge in [-0.1, -0.05) is 35.7 Å². The molecular weight excluding hydrogens is 435 g/mol. The van der Waals surface area contributed by atoms with Crippen molar-refractivity contribution in [1.82, 2.24) is 9.80 Å². The minimum Gasteiger partial charge on any atom is -0.548 e. The molecule has 0 unspecified atom stereocenters. The van der Waals surface area contributed by atoms with Gasteiger partial charge in [0.05, 0.1) is 29.1 Å². The van der Waals surface area contributed by atoms with Crippen molar-refractivity contribution in [3.05, 3.63) is 32.7 Å². The molecule has 0 aromatic heterocycles. The Bertz CT molecular complexity index is 763. The van der Waals surface area contributed by atoms with Gasteiger partial charge >= 0.3 is 57.4 Å². The van der Waals surface area contributed by atoms with Crippen LogP contribution in [0.2, 0.25) is 0 Å². The number of allylic oxidation sites excluding steroid dienone is 3. The van der Waals surface area contributed by atoms with Crippen LogP contribution in [-0.4, -0.2) is 51.7 Å². The van der Waals surface area contributed by atoms with Crippen LogP contribution in [0.25, 0.3) is 0 Å². The molecule has 2 rings (SSSR count). The van der Waals surface area contributed by atoms with Gasteiger partial charge in [-0.05, 0) is 32.9 Å². The van der Waals surface area contributed by atoms with Gasteiger partial charge in [0.1, 0.15) is 9.23 Å². The molecule has 0 aromatic rings. The minimum absolute atomic E-state index is 0. The van der Waals surface area contributed by atoms with Crippen molar-refractivity contribution in [2.75, 3.05) is 19.7 Å². The summed E-state index contributed by atoms with van der Waals surface area (Å²) >= 11 is 7.34. The molecule has 27 heavy (non-hydrogen) atoms. The molecule has 2 heterocycles. The van der Waals surface area contributed by atoms with Crippen LogP contribution in [0, 0.1) is 0 Å². The zero-order valence-corrected chi connectivity index (χ0v) is 21.0. The Kier molecular flexibility index (Phi) is 10.3. The molecule has 2 aliphatic heterocycles. The topological polar surface area (TPSA) is 90.0 Å². The van der Waals surface area contributed by atoms with Gasteiger partial charge in [-0.15, -0.1) is 0 Å². The molecule has 1 saturated heterocycles. The van der Waals surface area contributed by atoms with Crippen molar-refractivity contribution in [2.24, 2.45) is 0 Å². The summed E-state index contributed by atoms with van der Waals surface area (Å²) in [5, 5.41) is 11.5. The largest absolute Gasteiger partial charge is 1.00 e. The Morgan fingerprint density at radius 1 is 1.22 bits per heavy atom. The van der Waals surface area contributed by atoms with Crippen molar-refractivity contribution >= 4 is 57.9 Å². The smallest absolute Gasteiger partial charge is 0.548 e. The third-order valence-corrected chi connectivity index (χ3v) is 6.15. The summed E-state index contributed by atoms with van der Waals surface area (Å²) < 4.78 is 5.24. The summed E-state index contributed by atoms with van der Waals surface area (Å²) in [4.78, 5) is 38.8. The number of carbonyl (C=O) groups is 3. The third kappa shape index (κ3) is 5.92. The second-order valence-corrected chi connectivity index (χ2v) is 7.85. The Labute approximate surface area is 214 Å². The van der Waals surface area contributed by atoms with Gasteiger partial charge in [-0.2, -0.15) is 0 Å². The maximum absolute atomic E-state index is 12.3. The second-order valence-electron chi connectivity index (χ2n) is 5.15. The fourth-order valence-corrected chi connectivity index (χ4v) is 4.67. The number of nitrogens with zero attached hydrogens (tertiary/aromatic N) is 2. The molecule has 2 aliphatic rings. The van der Waals surface area contributed by atoms with E-state index in [1.165, 1.54) is 11.8 Å². The zero-order chi connectivity index (χ0) is 19.4. The molecule has 0 spiro atoms. The normalized spacial score (nSPS) is 20.0. The predicted octanol–water partition coefficient (Wildman–Crippen LogP) is -1.81. The van der Waals surface area contributed by atoms with Gasteiger partial charge < -0.3 is 19.5 Å². The number of thioether (sulfide) groups is 2. The average molecular weight is 453 g/mol. The second kappa shape index (κ2) is 11.1. The van der Waals surface area contributed by atoms with Crippen molar-refractivity contribution in [1.29, 1.82) is 0 Å². The number of esters is 1. The summed E-state index contributed by atoms with van der Waals surface area (Å²) in [7, 11) is 0. The van der Waals surface area contributed by atoms with Crippen molar-refractivity contribution in [3.63, 3.8) is 0 Å². The third-order valence-electron chi connectivity index (χ3n) is 3.52. The van der Waals surface area contributed by atoms with Crippen LogP contribution >= 0.6 is 35.7 Å². The molecule has 0 radical (unpaired) electrons. The maximum atomic E-state index is 12.3. The predicted molar refractivity (Wildman–Crippen MR) is 102 cm³/mol. The number of rotatable bonds is 6. The van der Waals surface area contributed by atoms with E-state index in [9.17, 15) is 19.5 Å². The summed E-state index contributed by atoms with van der Waals surface area (Å²) in [6.45, 7) is 5.90. The van der Waals surface area contributed by atoms with E-state index in [0.29, 0.717) is 23.0 Å². The molecule has 0 aliphatic carbocycles. The van der Waals surface area contributed by atoms with E-state index in [1.807, 2.05) is 18.7 Å². The summed E-state index contributed by atoms with van der Waals surface area (Å²) in [6, 6.07) is 0. The van der Waals surface area contributed by atoms with Gasteiger partial charge in [0.2, 0.25) is 0 Å². The number of carboxylic acids is 1. The number of thiocarbonyl (C=S) groups is 1. The van der Waals surface area contributed by atoms with E-state index in [2.05, 4.69) is 0 Å². The first kappa shape index (κ1) is 24.9. The standard InChI is InChI=1S/C16H18N2O5S3.K/c1-4-17-9(3)13(15(22)23-5-2)26-11(17)7-6-10-14(21)18(8-12(19)20)16(24)25-10;/h6-7H,4-5,8H2,1-3H3,(H,19,20);/q;+1/p-1. The number of aliphatic carboxylic acids is 1. The number of amides is 1. The molecule has 0 N–H and O–H groups in total. The first-order valence-electron chi connectivity index (χ1n) is 7.79. The maximum Gasteiger partial charge on any atom is 1.00 e. The average Bonchev–Trinajstić information content (AvgIpc) is 3.03. The van der Waals surface area contributed by atoms with E-state index >= 15 is 0 Å². The van der Waals surface area contributed by atoms with Crippen LogP contribution in [0.3, 0.4) is 0 Å². The van der Waals surface area contributed by atoms with E-state index in [-0.39, 0.29) is 61.7 Å². The summed E-state index contributed by atoms with van der Waals surface area (Å²) in [5.41, 5.74) is 0.792. The van der Waals surface area contributed by atoms with Crippen molar-refractivity contribution < 1.29 is 75.6 Å². The van der Waals surface area contributed by atoms with Crippen LogP contribution in [-0.2, 0) is 19.1 Å². The van der Waals surface area contributed by atoms with Gasteiger partial charge in [0.25, 0.3) is 5.91 Å². The number of carboxylic acid groups (broad SMARTS) is 1. The fraction of sp³-hybridized carbons (Fsp3) is 0.375. The molecule has 0 aromatic carbocycles. The van der Waals surface area contributed by atoms with Crippen LogP contribution in [0.5, 0.6) is 0 Å². The molecule has 0 saturated carbocycles. The monoisotopic (exact) mass is 452 g/mol. The van der Waals surface area contributed by atoms with E-state index < -0.39 is 18.4 Å². The van der Waals surface area contributed by atoms with Crippen LogP contribution < -0.4 is 56.5 Å². The van der Waals surface area contributed by atoms with Crippen LogP contribution in [0.4, 0.5) is 0 Å². The molecule has 11 heteroatoms. The van der Waals surface area contributed by atoms with Crippen LogP contribution in [0.1, 0.15) is 20.8 Å². The fourth-order valence-electron chi connectivity index (χ4n) is 2.35. The molecule has 7 nitrogen and oxygen atoms in total. The number of hydrogen-bond acceptors (Lipinski definition) is 9. The minimum atomic E-state index is -1.37. The molecule has 0 atom stereocenters. The van der Waals surface area contributed by atoms with E-state index in [4.69, 9.17) is 17.0 Å². The molecule has 1 amide bonds. The molecule has 140 valence electrons. The Morgan fingerprint density at radius 2 is 1.89 bits per heavy atom. The Hall–Kier alpha value is -0.144. The first-order chi connectivity index (χ1) is 12.3. The van der Waals surface area contributed by atoms with E-state index in [0.717, 1.165) is 27.4 Å². The number of carbonyl (C=O) groups excluding carboxylic acids is 3. The van der Waals surface area contributed by atoms with Gasteiger partial charge in [-0.3, -0.25) is 9.69 Å². The van der Waals surface area contributed by atoms with Gasteiger partial charge in [0.15, 0.2) is 0 Å². The number of ether oxygens (including phenoxy) is 1. The van der Waals surface area contributed by atoms with Gasteiger partial charge in [0, 0.05) is 12.2 Å². The van der Waals surface area contributed by atoms with Crippen molar-refractivity contribution in [2.45, 2.75) is 20.8 Å². The molecule has 0 bridgehead atoms. The van der Waals surface area contributed by atoms with E-state index in [1.54, 1.807) is 19.1 Å². The first-order valence-corrected chi connectivity index (χ1v) is 9.83. The molecule has 1 fully saturated rings. The van der Waals surface area contributed by atoms with Gasteiger partial charge in [-0.25, -0.2) is 4.79 Å². The summed E-state index contributed by atoms with van der Waals surface area (Å²) in [6.07, 6.45) is 3.30. The Morgan fingerprint density at radius 3 is 2.44 bits per heavy atom. The zero-order valence-electron chi connectivity index (χ0n) is 15.4. The SMILES string of the molecule is CCOC(=O)C1=C(C)N(CC)C(=CC=C2SC(=S)N(CC(=O)[O-])C2=O)S1.[K+].